The van der Waals surface area contributed by atoms with Crippen LogP contribution in [-0.2, 0) is 4.79 Å². The van der Waals surface area contributed by atoms with Crippen LogP contribution in [0.1, 0.15) is 30.1 Å². The summed E-state index contributed by atoms with van der Waals surface area (Å²) in [6, 6.07) is 7.75. The zero-order valence-electron chi connectivity index (χ0n) is 11.2. The molecule has 1 amide bonds. The number of hydrogen-bond acceptors (Lipinski definition) is 4. The van der Waals surface area contributed by atoms with Crippen molar-refractivity contribution >= 4 is 23.4 Å². The lowest BCUT2D eigenvalue weighted by Gasteiger charge is -2.04. The fourth-order valence-corrected chi connectivity index (χ4v) is 2.52. The molecule has 1 aliphatic carbocycles. The van der Waals surface area contributed by atoms with Crippen LogP contribution in [0.3, 0.4) is 0 Å². The van der Waals surface area contributed by atoms with Crippen molar-refractivity contribution in [3.05, 3.63) is 35.7 Å². The Kier molecular flexibility index (Phi) is 3.73. The third-order valence-electron chi connectivity index (χ3n) is 3.08. The average molecular weight is 288 g/mol. The number of hydrogen-bond donors (Lipinski definition) is 2. The predicted octanol–water partition coefficient (Wildman–Crippen LogP) is 2.72. The molecule has 1 fully saturated rings. The van der Waals surface area contributed by atoms with Gasteiger partial charge in [-0.15, -0.1) is 5.10 Å². The molecule has 2 N–H and O–H groups in total. The van der Waals surface area contributed by atoms with Gasteiger partial charge in [0.15, 0.2) is 0 Å². The van der Waals surface area contributed by atoms with Crippen molar-refractivity contribution < 1.29 is 4.79 Å². The van der Waals surface area contributed by atoms with Gasteiger partial charge in [-0.05, 0) is 37.5 Å². The summed E-state index contributed by atoms with van der Waals surface area (Å²) in [5, 5.41) is 10.6. The minimum Gasteiger partial charge on any atom is -0.325 e. The summed E-state index contributed by atoms with van der Waals surface area (Å²) in [5.41, 5.74) is 1.95. The van der Waals surface area contributed by atoms with E-state index < -0.39 is 0 Å². The summed E-state index contributed by atoms with van der Waals surface area (Å²) in [6.07, 6.45) is 2.38. The van der Waals surface area contributed by atoms with Crippen molar-refractivity contribution in [1.82, 2.24) is 15.2 Å². The summed E-state index contributed by atoms with van der Waals surface area (Å²) in [6.45, 7) is 2.00. The van der Waals surface area contributed by atoms with Gasteiger partial charge in [0, 0.05) is 11.6 Å². The first-order valence-electron chi connectivity index (χ1n) is 6.62. The molecular formula is C14H16N4OS. The van der Waals surface area contributed by atoms with Crippen LogP contribution < -0.4 is 5.32 Å². The van der Waals surface area contributed by atoms with Gasteiger partial charge in [-0.25, -0.2) is 4.98 Å². The second-order valence-corrected chi connectivity index (χ2v) is 5.93. The van der Waals surface area contributed by atoms with Gasteiger partial charge in [0.1, 0.15) is 5.82 Å². The van der Waals surface area contributed by atoms with E-state index in [0.29, 0.717) is 16.8 Å². The summed E-state index contributed by atoms with van der Waals surface area (Å²) < 4.78 is 0. The maximum Gasteiger partial charge on any atom is 0.234 e. The van der Waals surface area contributed by atoms with Crippen molar-refractivity contribution in [2.45, 2.75) is 30.8 Å². The van der Waals surface area contributed by atoms with Crippen molar-refractivity contribution in [2.75, 3.05) is 11.1 Å². The first-order chi connectivity index (χ1) is 9.70. The highest BCUT2D eigenvalue weighted by Crippen LogP contribution is 2.38. The van der Waals surface area contributed by atoms with Crippen LogP contribution in [0.5, 0.6) is 0 Å². The number of carbonyl (C=O) groups is 1. The molecule has 0 unspecified atom stereocenters. The van der Waals surface area contributed by atoms with Crippen molar-refractivity contribution in [1.29, 1.82) is 0 Å². The number of carbonyl (C=O) groups excluding carboxylic acids is 1. The van der Waals surface area contributed by atoms with E-state index in [1.54, 1.807) is 0 Å². The molecule has 5 nitrogen and oxygen atoms in total. The van der Waals surface area contributed by atoms with Gasteiger partial charge in [-0.2, -0.15) is 0 Å². The number of nitrogens with one attached hydrogen (secondary N) is 2. The molecule has 0 bridgehead atoms. The van der Waals surface area contributed by atoms with E-state index in [1.807, 2.05) is 31.2 Å². The zero-order valence-corrected chi connectivity index (χ0v) is 12.0. The summed E-state index contributed by atoms with van der Waals surface area (Å²) in [7, 11) is 0. The number of aromatic amines is 1. The molecule has 20 heavy (non-hydrogen) atoms. The predicted molar refractivity (Wildman–Crippen MR) is 78.9 cm³/mol. The molecule has 1 heterocycles. The molecule has 1 aliphatic rings. The lowest BCUT2D eigenvalue weighted by molar-refractivity contribution is -0.113. The SMILES string of the molecule is Cc1cccc(NC(=O)CSc2n[nH]c(C3CC3)n2)c1. The lowest BCUT2D eigenvalue weighted by Crippen LogP contribution is -2.14. The van der Waals surface area contributed by atoms with Gasteiger partial charge in [0.05, 0.1) is 5.75 Å². The van der Waals surface area contributed by atoms with Gasteiger partial charge in [0.25, 0.3) is 0 Å². The topological polar surface area (TPSA) is 70.7 Å². The number of aryl methyl sites for hydroxylation is 1. The maximum atomic E-state index is 11.9. The third kappa shape index (κ3) is 3.39. The lowest BCUT2D eigenvalue weighted by atomic mass is 10.2. The van der Waals surface area contributed by atoms with Crippen LogP contribution in [0.4, 0.5) is 5.69 Å². The maximum absolute atomic E-state index is 11.9. The Morgan fingerprint density at radius 3 is 3.10 bits per heavy atom. The minimum atomic E-state index is -0.0432. The van der Waals surface area contributed by atoms with Gasteiger partial charge in [-0.1, -0.05) is 23.9 Å². The number of aromatic nitrogens is 3. The highest BCUT2D eigenvalue weighted by atomic mass is 32.2. The molecule has 1 saturated carbocycles. The zero-order chi connectivity index (χ0) is 13.9. The Morgan fingerprint density at radius 2 is 2.35 bits per heavy atom. The van der Waals surface area contributed by atoms with Gasteiger partial charge >= 0.3 is 0 Å². The normalized spacial score (nSPS) is 14.2. The fourth-order valence-electron chi connectivity index (χ4n) is 1.91. The van der Waals surface area contributed by atoms with E-state index >= 15 is 0 Å². The molecule has 6 heteroatoms. The molecule has 1 aromatic heterocycles. The average Bonchev–Trinajstić information content (AvgIpc) is 3.16. The van der Waals surface area contributed by atoms with Gasteiger partial charge in [-0.3, -0.25) is 9.89 Å². The van der Waals surface area contributed by atoms with Crippen LogP contribution >= 0.6 is 11.8 Å². The van der Waals surface area contributed by atoms with E-state index in [2.05, 4.69) is 20.5 Å². The summed E-state index contributed by atoms with van der Waals surface area (Å²) in [5.74, 6) is 1.78. The Balaban J connectivity index is 1.51. The Bertz CT molecular complexity index is 621. The minimum absolute atomic E-state index is 0.0432. The fraction of sp³-hybridized carbons (Fsp3) is 0.357. The van der Waals surface area contributed by atoms with E-state index in [1.165, 1.54) is 24.6 Å². The number of amides is 1. The second-order valence-electron chi connectivity index (χ2n) is 4.98. The highest BCUT2D eigenvalue weighted by Gasteiger charge is 2.27. The highest BCUT2D eigenvalue weighted by molar-refractivity contribution is 7.99. The molecule has 1 aromatic carbocycles. The van der Waals surface area contributed by atoms with Crippen molar-refractivity contribution in [3.8, 4) is 0 Å². The van der Waals surface area contributed by atoms with Gasteiger partial charge < -0.3 is 5.32 Å². The number of benzene rings is 1. The molecule has 0 spiro atoms. The Labute approximate surface area is 121 Å². The van der Waals surface area contributed by atoms with E-state index in [-0.39, 0.29) is 5.91 Å². The van der Waals surface area contributed by atoms with E-state index in [0.717, 1.165) is 17.1 Å². The summed E-state index contributed by atoms with van der Waals surface area (Å²) >= 11 is 1.35. The van der Waals surface area contributed by atoms with E-state index in [9.17, 15) is 4.79 Å². The summed E-state index contributed by atoms with van der Waals surface area (Å²) in [4.78, 5) is 16.2. The molecule has 104 valence electrons. The Morgan fingerprint density at radius 1 is 1.50 bits per heavy atom. The number of anilines is 1. The number of nitrogens with zero attached hydrogens (tertiary/aromatic N) is 2. The quantitative estimate of drug-likeness (QED) is 0.830. The first-order valence-corrected chi connectivity index (χ1v) is 7.61. The number of rotatable bonds is 5. The van der Waals surface area contributed by atoms with Crippen molar-refractivity contribution in [2.24, 2.45) is 0 Å². The molecule has 0 radical (unpaired) electrons. The molecule has 2 aromatic rings. The monoisotopic (exact) mass is 288 g/mol. The van der Waals surface area contributed by atoms with Crippen molar-refractivity contribution in [3.63, 3.8) is 0 Å². The molecule has 0 saturated heterocycles. The first kappa shape index (κ1) is 13.2. The van der Waals surface area contributed by atoms with Crippen LogP contribution in [0.2, 0.25) is 0 Å². The van der Waals surface area contributed by atoms with Crippen LogP contribution in [0, 0.1) is 6.92 Å². The van der Waals surface area contributed by atoms with Gasteiger partial charge in [0.2, 0.25) is 11.1 Å². The number of thioether (sulfide) groups is 1. The smallest absolute Gasteiger partial charge is 0.234 e. The molecule has 3 rings (SSSR count). The van der Waals surface area contributed by atoms with Crippen LogP contribution in [-0.4, -0.2) is 26.8 Å². The molecular weight excluding hydrogens is 272 g/mol. The van der Waals surface area contributed by atoms with E-state index in [4.69, 9.17) is 0 Å². The third-order valence-corrected chi connectivity index (χ3v) is 3.93. The molecule has 0 atom stereocenters. The Hall–Kier alpha value is -1.82. The standard InChI is InChI=1S/C14H16N4OS/c1-9-3-2-4-11(7-9)15-12(19)8-20-14-16-13(17-18-14)10-5-6-10/h2-4,7,10H,5-6,8H2,1H3,(H,15,19)(H,16,17,18). The van der Waals surface area contributed by atoms with Crippen LogP contribution in [0.15, 0.2) is 29.4 Å². The number of H-pyrrole nitrogens is 1. The second kappa shape index (κ2) is 5.66. The largest absolute Gasteiger partial charge is 0.325 e. The molecule has 0 aliphatic heterocycles. The van der Waals surface area contributed by atoms with Crippen LogP contribution in [0.25, 0.3) is 0 Å².